The van der Waals surface area contributed by atoms with E-state index in [1.54, 1.807) is 37.4 Å². The number of nitrogens with one attached hydrogen (secondary N) is 1. The maximum absolute atomic E-state index is 12.8. The molecule has 5 rings (SSSR count). The Labute approximate surface area is 197 Å². The van der Waals surface area contributed by atoms with E-state index >= 15 is 0 Å². The molecule has 3 aromatic carbocycles. The minimum absolute atomic E-state index is 0.0333. The molecular formula is C27H25N3O4. The molecule has 172 valence electrons. The van der Waals surface area contributed by atoms with Crippen molar-refractivity contribution in [2.45, 2.75) is 0 Å². The second-order valence-corrected chi connectivity index (χ2v) is 8.16. The second-order valence-electron chi connectivity index (χ2n) is 8.16. The fourth-order valence-electron chi connectivity index (χ4n) is 4.13. The number of benzene rings is 3. The number of carbonyl (C=O) groups excluding carboxylic acids is 2. The highest BCUT2D eigenvalue weighted by molar-refractivity contribution is 6.04. The van der Waals surface area contributed by atoms with Crippen LogP contribution in [-0.4, -0.2) is 50.0 Å². The first kappa shape index (κ1) is 21.6. The Morgan fingerprint density at radius 3 is 2.26 bits per heavy atom. The predicted octanol–water partition coefficient (Wildman–Crippen LogP) is 4.66. The van der Waals surface area contributed by atoms with Gasteiger partial charge in [-0.1, -0.05) is 18.2 Å². The van der Waals surface area contributed by atoms with Crippen molar-refractivity contribution in [3.8, 4) is 5.75 Å². The van der Waals surface area contributed by atoms with Crippen LogP contribution in [0.4, 0.5) is 11.4 Å². The largest absolute Gasteiger partial charge is 0.497 e. The van der Waals surface area contributed by atoms with Crippen molar-refractivity contribution < 1.29 is 18.7 Å². The number of furan rings is 1. The van der Waals surface area contributed by atoms with Gasteiger partial charge >= 0.3 is 0 Å². The highest BCUT2D eigenvalue weighted by Crippen LogP contribution is 2.23. The number of piperazine rings is 1. The molecule has 7 nitrogen and oxygen atoms in total. The highest BCUT2D eigenvalue weighted by Gasteiger charge is 2.22. The maximum Gasteiger partial charge on any atom is 0.291 e. The third-order valence-corrected chi connectivity index (χ3v) is 6.04. The molecular weight excluding hydrogens is 430 g/mol. The first-order valence-electron chi connectivity index (χ1n) is 11.2. The first-order valence-corrected chi connectivity index (χ1v) is 11.2. The van der Waals surface area contributed by atoms with Gasteiger partial charge in [0.05, 0.1) is 7.11 Å². The van der Waals surface area contributed by atoms with E-state index in [4.69, 9.17) is 9.15 Å². The summed E-state index contributed by atoms with van der Waals surface area (Å²) in [5.74, 6) is 0.766. The lowest BCUT2D eigenvalue weighted by atomic mass is 10.1. The number of fused-ring (bicyclic) bond motifs is 1. The molecule has 34 heavy (non-hydrogen) atoms. The lowest BCUT2D eigenvalue weighted by molar-refractivity contribution is 0.0746. The van der Waals surface area contributed by atoms with Crippen LogP contribution in [0.25, 0.3) is 11.0 Å². The van der Waals surface area contributed by atoms with Crippen molar-refractivity contribution in [2.24, 2.45) is 0 Å². The van der Waals surface area contributed by atoms with Crippen molar-refractivity contribution in [1.29, 1.82) is 0 Å². The smallest absolute Gasteiger partial charge is 0.291 e. The Bertz CT molecular complexity index is 1270. The molecule has 0 bridgehead atoms. The van der Waals surface area contributed by atoms with Gasteiger partial charge in [-0.15, -0.1) is 0 Å². The summed E-state index contributed by atoms with van der Waals surface area (Å²) in [6, 6.07) is 24.2. The van der Waals surface area contributed by atoms with Crippen molar-refractivity contribution in [2.75, 3.05) is 43.5 Å². The van der Waals surface area contributed by atoms with Crippen molar-refractivity contribution in [3.05, 3.63) is 90.2 Å². The first-order chi connectivity index (χ1) is 16.6. The molecule has 0 saturated carbocycles. The average Bonchev–Trinajstić information content (AvgIpc) is 3.34. The van der Waals surface area contributed by atoms with Crippen molar-refractivity contribution in [1.82, 2.24) is 4.90 Å². The summed E-state index contributed by atoms with van der Waals surface area (Å²) in [4.78, 5) is 29.5. The van der Waals surface area contributed by atoms with E-state index in [9.17, 15) is 9.59 Å². The van der Waals surface area contributed by atoms with E-state index in [0.717, 1.165) is 29.9 Å². The van der Waals surface area contributed by atoms with Crippen LogP contribution in [0.1, 0.15) is 20.9 Å². The number of rotatable bonds is 5. The van der Waals surface area contributed by atoms with Crippen LogP contribution in [0.3, 0.4) is 0 Å². The Kier molecular flexibility index (Phi) is 5.91. The quantitative estimate of drug-likeness (QED) is 0.474. The standard InChI is InChI=1S/C27H25N3O4/c1-33-23-12-6-19(7-13-23)27(32)30-16-14-29(15-17-30)22-10-8-21(9-11-22)28-26(31)25-18-20-4-2-3-5-24(20)34-25/h2-13,18H,14-17H2,1H3,(H,28,31). The third-order valence-electron chi connectivity index (χ3n) is 6.04. The Morgan fingerprint density at radius 1 is 0.882 bits per heavy atom. The van der Waals surface area contributed by atoms with Crippen LogP contribution < -0.4 is 15.0 Å². The molecule has 0 spiro atoms. The van der Waals surface area contributed by atoms with E-state index in [2.05, 4.69) is 10.2 Å². The van der Waals surface area contributed by atoms with E-state index in [0.29, 0.717) is 29.9 Å². The lowest BCUT2D eigenvalue weighted by Gasteiger charge is -2.36. The maximum atomic E-state index is 12.8. The number of ether oxygens (including phenoxy) is 1. The highest BCUT2D eigenvalue weighted by atomic mass is 16.5. The number of hydrogen-bond acceptors (Lipinski definition) is 5. The number of anilines is 2. The van der Waals surface area contributed by atoms with Gasteiger partial charge in [0.25, 0.3) is 11.8 Å². The number of methoxy groups -OCH3 is 1. The van der Waals surface area contributed by atoms with Gasteiger partial charge in [-0.3, -0.25) is 9.59 Å². The summed E-state index contributed by atoms with van der Waals surface area (Å²) >= 11 is 0. The number of hydrogen-bond donors (Lipinski definition) is 1. The molecule has 1 saturated heterocycles. The molecule has 1 N–H and O–H groups in total. The number of nitrogens with zero attached hydrogens (tertiary/aromatic N) is 2. The Balaban J connectivity index is 1.17. The SMILES string of the molecule is COc1ccc(C(=O)N2CCN(c3ccc(NC(=O)c4cc5ccccc5o4)cc3)CC2)cc1. The molecule has 0 atom stereocenters. The molecule has 1 aliphatic rings. The number of carbonyl (C=O) groups is 2. The lowest BCUT2D eigenvalue weighted by Crippen LogP contribution is -2.48. The second kappa shape index (κ2) is 9.31. The zero-order chi connectivity index (χ0) is 23.5. The predicted molar refractivity (Wildman–Crippen MR) is 132 cm³/mol. The van der Waals surface area contributed by atoms with Crippen molar-refractivity contribution >= 4 is 34.2 Å². The van der Waals surface area contributed by atoms with Crippen molar-refractivity contribution in [3.63, 3.8) is 0 Å². The van der Waals surface area contributed by atoms with E-state index in [1.165, 1.54) is 0 Å². The van der Waals surface area contributed by atoms with Gasteiger partial charge in [-0.2, -0.15) is 0 Å². The van der Waals surface area contributed by atoms with Crippen LogP contribution in [0.5, 0.6) is 5.75 Å². The monoisotopic (exact) mass is 455 g/mol. The van der Waals surface area contributed by atoms with Gasteiger partial charge in [-0.25, -0.2) is 0 Å². The molecule has 2 amide bonds. The molecule has 4 aromatic rings. The van der Waals surface area contributed by atoms with Gasteiger partial charge < -0.3 is 24.3 Å². The van der Waals surface area contributed by atoms with Gasteiger partial charge in [-0.05, 0) is 60.7 Å². The third kappa shape index (κ3) is 4.45. The van der Waals surface area contributed by atoms with E-state index in [1.807, 2.05) is 53.4 Å². The van der Waals surface area contributed by atoms with Crippen LogP contribution >= 0.6 is 0 Å². The molecule has 0 unspecified atom stereocenters. The number of amides is 2. The van der Waals surface area contributed by atoms with E-state index < -0.39 is 0 Å². The number of para-hydroxylation sites is 1. The zero-order valence-electron chi connectivity index (χ0n) is 18.9. The fourth-order valence-corrected chi connectivity index (χ4v) is 4.13. The fraction of sp³-hybridized carbons (Fsp3) is 0.185. The molecule has 7 heteroatoms. The van der Waals surface area contributed by atoms with Gasteiger partial charge in [0.15, 0.2) is 5.76 Å². The van der Waals surface area contributed by atoms with Crippen LogP contribution in [0.2, 0.25) is 0 Å². The molecule has 1 aliphatic heterocycles. The van der Waals surface area contributed by atoms with Gasteiger partial charge in [0.1, 0.15) is 11.3 Å². The summed E-state index contributed by atoms with van der Waals surface area (Å²) in [5, 5.41) is 3.78. The molecule has 0 aliphatic carbocycles. The Hall–Kier alpha value is -4.26. The minimum Gasteiger partial charge on any atom is -0.497 e. The average molecular weight is 456 g/mol. The Morgan fingerprint density at radius 2 is 1.59 bits per heavy atom. The zero-order valence-corrected chi connectivity index (χ0v) is 18.9. The normalized spacial score (nSPS) is 13.7. The summed E-state index contributed by atoms with van der Waals surface area (Å²) < 4.78 is 10.8. The summed E-state index contributed by atoms with van der Waals surface area (Å²) in [6.45, 7) is 2.78. The van der Waals surface area contributed by atoms with Gasteiger partial charge in [0.2, 0.25) is 0 Å². The van der Waals surface area contributed by atoms with Crippen LogP contribution in [0.15, 0.2) is 83.3 Å². The van der Waals surface area contributed by atoms with Gasteiger partial charge in [0, 0.05) is 48.5 Å². The molecule has 2 heterocycles. The van der Waals surface area contributed by atoms with Crippen LogP contribution in [-0.2, 0) is 0 Å². The molecule has 1 aromatic heterocycles. The molecule has 1 fully saturated rings. The van der Waals surface area contributed by atoms with Crippen LogP contribution in [0, 0.1) is 0 Å². The summed E-state index contributed by atoms with van der Waals surface area (Å²) in [5.41, 5.74) is 3.10. The minimum atomic E-state index is -0.283. The topological polar surface area (TPSA) is 75.0 Å². The summed E-state index contributed by atoms with van der Waals surface area (Å²) in [7, 11) is 1.61. The summed E-state index contributed by atoms with van der Waals surface area (Å²) in [6.07, 6.45) is 0. The molecule has 0 radical (unpaired) electrons. The van der Waals surface area contributed by atoms with E-state index in [-0.39, 0.29) is 17.6 Å².